The molecule has 0 saturated carbocycles. The predicted molar refractivity (Wildman–Crippen MR) is 64.0 cm³/mol. The zero-order valence-electron chi connectivity index (χ0n) is 9.97. The van der Waals surface area contributed by atoms with Crippen LogP contribution < -0.4 is 5.32 Å². The van der Waals surface area contributed by atoms with Crippen molar-refractivity contribution in [2.45, 2.75) is 18.9 Å². The highest BCUT2D eigenvalue weighted by Gasteiger charge is 2.13. The summed E-state index contributed by atoms with van der Waals surface area (Å²) in [4.78, 5) is 0. The zero-order chi connectivity index (χ0) is 12.2. The monoisotopic (exact) mass is 245 g/mol. The summed E-state index contributed by atoms with van der Waals surface area (Å²) in [7, 11) is 0.901. The fourth-order valence-corrected chi connectivity index (χ4v) is 2.41. The van der Waals surface area contributed by atoms with Crippen LogP contribution in [0, 0.1) is 0 Å². The third kappa shape index (κ3) is 3.94. The second-order valence-corrected chi connectivity index (χ2v) is 6.25. The summed E-state index contributed by atoms with van der Waals surface area (Å²) in [6.07, 6.45) is 4.47. The molecule has 0 saturated heterocycles. The largest absolute Gasteiger partial charge is 0.312 e. The maximum absolute atomic E-state index is 11.0. The number of hydrogen-bond donors (Lipinski definition) is 1. The molecule has 6 heteroatoms. The van der Waals surface area contributed by atoms with Crippen molar-refractivity contribution in [2.24, 2.45) is 7.05 Å². The molecule has 0 bridgehead atoms. The lowest BCUT2D eigenvalue weighted by atomic mass is 10.1. The maximum atomic E-state index is 11.0. The molecule has 1 N–H and O–H groups in total. The topological polar surface area (TPSA) is 64.0 Å². The fraction of sp³-hybridized carbons (Fsp3) is 0.700. The summed E-state index contributed by atoms with van der Waals surface area (Å²) in [6, 6.07) is 2.11. The van der Waals surface area contributed by atoms with Crippen LogP contribution in [-0.2, 0) is 16.9 Å². The molecule has 0 fully saturated rings. The van der Waals surface area contributed by atoms with Gasteiger partial charge in [-0.3, -0.25) is 4.68 Å². The predicted octanol–water partition coefficient (Wildman–Crippen LogP) is 0.505. The Balaban J connectivity index is 2.54. The molecule has 1 rings (SSSR count). The van der Waals surface area contributed by atoms with Gasteiger partial charge in [0.2, 0.25) is 0 Å². The van der Waals surface area contributed by atoms with Crippen molar-refractivity contribution in [3.8, 4) is 0 Å². The molecular weight excluding hydrogens is 226 g/mol. The third-order valence-corrected chi connectivity index (χ3v) is 3.60. The molecule has 0 aliphatic rings. The second kappa shape index (κ2) is 5.45. The third-order valence-electron chi connectivity index (χ3n) is 2.57. The molecule has 1 aromatic rings. The Morgan fingerprint density at radius 1 is 1.56 bits per heavy atom. The summed E-state index contributed by atoms with van der Waals surface area (Å²) >= 11 is 0. The van der Waals surface area contributed by atoms with Gasteiger partial charge in [0, 0.05) is 31.3 Å². The number of nitrogens with zero attached hydrogens (tertiary/aromatic N) is 2. The molecule has 0 radical (unpaired) electrons. The van der Waals surface area contributed by atoms with E-state index in [4.69, 9.17) is 0 Å². The summed E-state index contributed by atoms with van der Waals surface area (Å²) < 4.78 is 23.8. The van der Waals surface area contributed by atoms with E-state index in [2.05, 4.69) is 10.4 Å². The highest BCUT2D eigenvalue weighted by molar-refractivity contribution is 7.90. The van der Waals surface area contributed by atoms with Crippen molar-refractivity contribution >= 4 is 9.84 Å². The van der Waals surface area contributed by atoms with E-state index in [-0.39, 0.29) is 11.8 Å². The van der Waals surface area contributed by atoms with Crippen LogP contribution in [0.5, 0.6) is 0 Å². The molecule has 5 nitrogen and oxygen atoms in total. The molecule has 0 amide bonds. The SMILES string of the molecule is CNC(CCCS(C)(=O)=O)c1ccnn1C. The Labute approximate surface area is 96.8 Å². The Bertz CT molecular complexity index is 425. The smallest absolute Gasteiger partial charge is 0.147 e. The van der Waals surface area contributed by atoms with E-state index in [0.29, 0.717) is 6.42 Å². The number of hydrogen-bond acceptors (Lipinski definition) is 4. The van der Waals surface area contributed by atoms with Gasteiger partial charge >= 0.3 is 0 Å². The Kier molecular flexibility index (Phi) is 4.49. The summed E-state index contributed by atoms with van der Waals surface area (Å²) in [5, 5.41) is 7.28. The number of aryl methyl sites for hydroxylation is 1. The Morgan fingerprint density at radius 2 is 2.25 bits per heavy atom. The van der Waals surface area contributed by atoms with Crippen LogP contribution in [-0.4, -0.2) is 37.3 Å². The van der Waals surface area contributed by atoms with Crippen molar-refractivity contribution in [1.82, 2.24) is 15.1 Å². The lowest BCUT2D eigenvalue weighted by molar-refractivity contribution is 0.499. The van der Waals surface area contributed by atoms with Gasteiger partial charge in [-0.2, -0.15) is 5.10 Å². The summed E-state index contributed by atoms with van der Waals surface area (Å²) in [5.74, 6) is 0.239. The van der Waals surface area contributed by atoms with E-state index >= 15 is 0 Å². The molecule has 1 heterocycles. The first-order chi connectivity index (χ1) is 7.44. The van der Waals surface area contributed by atoms with Crippen molar-refractivity contribution in [3.05, 3.63) is 18.0 Å². The van der Waals surface area contributed by atoms with Gasteiger partial charge in [-0.25, -0.2) is 8.42 Å². The molecule has 0 aliphatic carbocycles. The van der Waals surface area contributed by atoms with Crippen LogP contribution in [0.1, 0.15) is 24.6 Å². The first-order valence-electron chi connectivity index (χ1n) is 5.27. The minimum absolute atomic E-state index is 0.161. The molecule has 0 spiro atoms. The summed E-state index contributed by atoms with van der Waals surface area (Å²) in [5.41, 5.74) is 1.08. The molecule has 92 valence electrons. The first-order valence-corrected chi connectivity index (χ1v) is 7.33. The van der Waals surface area contributed by atoms with E-state index in [1.165, 1.54) is 6.26 Å². The van der Waals surface area contributed by atoms with E-state index in [1.54, 1.807) is 6.20 Å². The lowest BCUT2D eigenvalue weighted by Crippen LogP contribution is -2.20. The van der Waals surface area contributed by atoms with Crippen molar-refractivity contribution in [1.29, 1.82) is 0 Å². The van der Waals surface area contributed by atoms with Crippen LogP contribution in [0.2, 0.25) is 0 Å². The standard InChI is InChI=1S/C10H19N3O2S/c1-11-9(5-4-8-16(3,14)15)10-6-7-12-13(10)2/h6-7,9,11H,4-5,8H2,1-3H3. The molecule has 0 aliphatic heterocycles. The summed E-state index contributed by atoms with van der Waals surface area (Å²) in [6.45, 7) is 0. The van der Waals surface area contributed by atoms with E-state index < -0.39 is 9.84 Å². The minimum Gasteiger partial charge on any atom is -0.312 e. The molecule has 16 heavy (non-hydrogen) atoms. The van der Waals surface area contributed by atoms with Crippen LogP contribution in [0.25, 0.3) is 0 Å². The zero-order valence-corrected chi connectivity index (χ0v) is 10.8. The van der Waals surface area contributed by atoms with Gasteiger partial charge in [0.25, 0.3) is 0 Å². The van der Waals surface area contributed by atoms with Crippen molar-refractivity contribution < 1.29 is 8.42 Å². The van der Waals surface area contributed by atoms with E-state index in [0.717, 1.165) is 12.1 Å². The van der Waals surface area contributed by atoms with Gasteiger partial charge in [0.15, 0.2) is 0 Å². The fourth-order valence-electron chi connectivity index (χ4n) is 1.72. The minimum atomic E-state index is -2.86. The molecule has 0 aromatic carbocycles. The molecule has 1 atom stereocenters. The number of nitrogens with one attached hydrogen (secondary N) is 1. The molecule has 1 unspecified atom stereocenters. The van der Waals surface area contributed by atoms with Gasteiger partial charge < -0.3 is 5.32 Å². The highest BCUT2D eigenvalue weighted by Crippen LogP contribution is 2.17. The first kappa shape index (κ1) is 13.2. The van der Waals surface area contributed by atoms with Gasteiger partial charge in [-0.15, -0.1) is 0 Å². The number of sulfone groups is 1. The van der Waals surface area contributed by atoms with E-state index in [9.17, 15) is 8.42 Å². The average Bonchev–Trinajstić information content (AvgIpc) is 2.58. The molecular formula is C10H19N3O2S. The van der Waals surface area contributed by atoms with Crippen molar-refractivity contribution in [3.63, 3.8) is 0 Å². The lowest BCUT2D eigenvalue weighted by Gasteiger charge is -2.16. The van der Waals surface area contributed by atoms with Crippen LogP contribution >= 0.6 is 0 Å². The average molecular weight is 245 g/mol. The normalized spacial score (nSPS) is 13.9. The van der Waals surface area contributed by atoms with Crippen LogP contribution in [0.3, 0.4) is 0 Å². The van der Waals surface area contributed by atoms with Gasteiger partial charge in [-0.05, 0) is 26.0 Å². The highest BCUT2D eigenvalue weighted by atomic mass is 32.2. The second-order valence-electron chi connectivity index (χ2n) is 3.99. The van der Waals surface area contributed by atoms with E-state index in [1.807, 2.05) is 24.8 Å². The quantitative estimate of drug-likeness (QED) is 0.793. The Morgan fingerprint density at radius 3 is 2.69 bits per heavy atom. The maximum Gasteiger partial charge on any atom is 0.147 e. The number of aromatic nitrogens is 2. The van der Waals surface area contributed by atoms with Gasteiger partial charge in [0.1, 0.15) is 9.84 Å². The Hall–Kier alpha value is -0.880. The van der Waals surface area contributed by atoms with Crippen LogP contribution in [0.4, 0.5) is 0 Å². The van der Waals surface area contributed by atoms with Gasteiger partial charge in [0.05, 0.1) is 5.69 Å². The van der Waals surface area contributed by atoms with Crippen molar-refractivity contribution in [2.75, 3.05) is 19.1 Å². The number of rotatable bonds is 6. The van der Waals surface area contributed by atoms with Gasteiger partial charge in [-0.1, -0.05) is 0 Å². The molecule has 1 aromatic heterocycles. The van der Waals surface area contributed by atoms with Crippen LogP contribution in [0.15, 0.2) is 12.3 Å².